The van der Waals surface area contributed by atoms with Gasteiger partial charge in [0.25, 0.3) is 10.2 Å². The van der Waals surface area contributed by atoms with Crippen molar-refractivity contribution in [2.24, 2.45) is 0 Å². The van der Waals surface area contributed by atoms with Gasteiger partial charge in [0.1, 0.15) is 0 Å². The molecular formula is C16H24N4O2S. The van der Waals surface area contributed by atoms with E-state index in [1.165, 1.54) is 16.9 Å². The van der Waals surface area contributed by atoms with Crippen molar-refractivity contribution in [1.82, 2.24) is 13.9 Å². The summed E-state index contributed by atoms with van der Waals surface area (Å²) in [6.45, 7) is 2.88. The number of likely N-dealkylation sites (tertiary alicyclic amines) is 1. The minimum atomic E-state index is -3.49. The summed E-state index contributed by atoms with van der Waals surface area (Å²) in [5.74, 6) is 0. The van der Waals surface area contributed by atoms with Crippen LogP contribution in [-0.2, 0) is 16.8 Å². The van der Waals surface area contributed by atoms with Crippen molar-refractivity contribution in [2.75, 3.05) is 26.7 Å². The van der Waals surface area contributed by atoms with E-state index >= 15 is 0 Å². The number of benzene rings is 1. The summed E-state index contributed by atoms with van der Waals surface area (Å²) in [5, 5.41) is 8.56. The van der Waals surface area contributed by atoms with Gasteiger partial charge in [-0.3, -0.25) is 4.90 Å². The molecule has 7 heteroatoms. The zero-order chi connectivity index (χ0) is 16.7. The van der Waals surface area contributed by atoms with Crippen LogP contribution in [0.2, 0.25) is 0 Å². The Morgan fingerprint density at radius 1 is 1.30 bits per heavy atom. The van der Waals surface area contributed by atoms with Gasteiger partial charge in [-0.25, -0.2) is 0 Å². The number of rotatable bonds is 7. The Balaban J connectivity index is 1.79. The van der Waals surface area contributed by atoms with Gasteiger partial charge in [-0.05, 0) is 18.4 Å². The summed E-state index contributed by atoms with van der Waals surface area (Å²) < 4.78 is 28.3. The Kier molecular flexibility index (Phi) is 6.54. The van der Waals surface area contributed by atoms with Crippen molar-refractivity contribution in [1.29, 1.82) is 5.26 Å². The quantitative estimate of drug-likeness (QED) is 0.815. The molecule has 0 unspecified atom stereocenters. The van der Waals surface area contributed by atoms with Gasteiger partial charge in [0.2, 0.25) is 0 Å². The van der Waals surface area contributed by atoms with E-state index in [9.17, 15) is 8.42 Å². The Morgan fingerprint density at radius 3 is 2.57 bits per heavy atom. The molecule has 6 nitrogen and oxygen atoms in total. The Bertz CT molecular complexity index is 619. The van der Waals surface area contributed by atoms with Gasteiger partial charge in [0.05, 0.1) is 6.07 Å². The molecule has 2 rings (SSSR count). The molecule has 1 heterocycles. The van der Waals surface area contributed by atoms with Crippen LogP contribution in [-0.4, -0.2) is 50.3 Å². The third-order valence-electron chi connectivity index (χ3n) is 4.10. The smallest absolute Gasteiger partial charge is 0.279 e. The first kappa shape index (κ1) is 17.9. The molecule has 1 fully saturated rings. The third kappa shape index (κ3) is 5.59. The van der Waals surface area contributed by atoms with E-state index < -0.39 is 10.2 Å². The zero-order valence-corrected chi connectivity index (χ0v) is 14.3. The fourth-order valence-corrected chi connectivity index (χ4v) is 3.85. The minimum Gasteiger partial charge on any atom is -0.299 e. The van der Waals surface area contributed by atoms with Crippen molar-refractivity contribution in [3.8, 4) is 6.07 Å². The normalized spacial score (nSPS) is 17.3. The molecule has 1 aliphatic rings. The lowest BCUT2D eigenvalue weighted by Crippen LogP contribution is -2.48. The van der Waals surface area contributed by atoms with Gasteiger partial charge in [0, 0.05) is 45.7 Å². The predicted molar refractivity (Wildman–Crippen MR) is 89.7 cm³/mol. The van der Waals surface area contributed by atoms with Crippen LogP contribution in [0.25, 0.3) is 0 Å². The SMILES string of the molecule is CN(CCC#N)S(=O)(=O)NC1CCN(Cc2ccccc2)CC1. The molecule has 0 saturated carbocycles. The Morgan fingerprint density at radius 2 is 1.96 bits per heavy atom. The molecule has 0 amide bonds. The molecule has 1 aromatic rings. The molecule has 0 bridgehead atoms. The van der Waals surface area contributed by atoms with E-state index in [4.69, 9.17) is 5.26 Å². The van der Waals surface area contributed by atoms with Gasteiger partial charge >= 0.3 is 0 Å². The maximum absolute atomic E-state index is 12.2. The van der Waals surface area contributed by atoms with Crippen molar-refractivity contribution in [3.05, 3.63) is 35.9 Å². The van der Waals surface area contributed by atoms with Gasteiger partial charge in [-0.15, -0.1) is 0 Å². The molecule has 0 aliphatic carbocycles. The largest absolute Gasteiger partial charge is 0.299 e. The summed E-state index contributed by atoms with van der Waals surface area (Å²) in [6.07, 6.45) is 1.81. The summed E-state index contributed by atoms with van der Waals surface area (Å²) >= 11 is 0. The monoisotopic (exact) mass is 336 g/mol. The van der Waals surface area contributed by atoms with Gasteiger partial charge in [-0.2, -0.15) is 22.7 Å². The summed E-state index contributed by atoms with van der Waals surface area (Å²) in [6, 6.07) is 12.2. The van der Waals surface area contributed by atoms with Gasteiger partial charge in [0.15, 0.2) is 0 Å². The molecule has 1 aromatic carbocycles. The van der Waals surface area contributed by atoms with E-state index in [0.29, 0.717) is 0 Å². The van der Waals surface area contributed by atoms with Crippen molar-refractivity contribution in [2.45, 2.75) is 31.8 Å². The van der Waals surface area contributed by atoms with Crippen LogP contribution >= 0.6 is 0 Å². The predicted octanol–water partition coefficient (Wildman–Crippen LogP) is 1.33. The molecule has 0 aromatic heterocycles. The van der Waals surface area contributed by atoms with Crippen molar-refractivity contribution >= 4 is 10.2 Å². The van der Waals surface area contributed by atoms with Crippen LogP contribution in [0.5, 0.6) is 0 Å². The highest BCUT2D eigenvalue weighted by molar-refractivity contribution is 7.87. The molecule has 0 radical (unpaired) electrons. The first-order valence-electron chi connectivity index (χ1n) is 7.88. The second-order valence-corrected chi connectivity index (χ2v) is 7.70. The molecule has 1 saturated heterocycles. The standard InChI is InChI=1S/C16H24N4O2S/c1-19(11-5-10-17)23(21,22)18-16-8-12-20(13-9-16)14-15-6-3-2-4-7-15/h2-4,6-7,16,18H,5,8-9,11-14H2,1H3. The lowest BCUT2D eigenvalue weighted by molar-refractivity contribution is 0.199. The minimum absolute atomic E-state index is 0.0310. The second-order valence-electron chi connectivity index (χ2n) is 5.89. The average Bonchev–Trinajstić information content (AvgIpc) is 2.55. The maximum atomic E-state index is 12.2. The van der Waals surface area contributed by atoms with E-state index in [2.05, 4.69) is 21.8 Å². The first-order valence-corrected chi connectivity index (χ1v) is 9.32. The van der Waals surface area contributed by atoms with Crippen molar-refractivity contribution < 1.29 is 8.42 Å². The number of hydrogen-bond donors (Lipinski definition) is 1. The van der Waals surface area contributed by atoms with Crippen LogP contribution in [0, 0.1) is 11.3 Å². The number of nitriles is 1. The van der Waals surface area contributed by atoms with E-state index in [-0.39, 0.29) is 19.0 Å². The van der Waals surface area contributed by atoms with Crippen LogP contribution in [0.3, 0.4) is 0 Å². The highest BCUT2D eigenvalue weighted by Crippen LogP contribution is 2.15. The van der Waals surface area contributed by atoms with Gasteiger partial charge < -0.3 is 0 Å². The molecule has 23 heavy (non-hydrogen) atoms. The number of nitrogens with zero attached hydrogens (tertiary/aromatic N) is 3. The summed E-state index contributed by atoms with van der Waals surface area (Å²) in [4.78, 5) is 2.35. The molecular weight excluding hydrogens is 312 g/mol. The topological polar surface area (TPSA) is 76.4 Å². The van der Waals surface area contributed by atoms with E-state index in [0.717, 1.165) is 32.5 Å². The Labute approximate surface area is 138 Å². The number of hydrogen-bond acceptors (Lipinski definition) is 4. The first-order chi connectivity index (χ1) is 11.0. The molecule has 0 atom stereocenters. The van der Waals surface area contributed by atoms with Crippen LogP contribution in [0.15, 0.2) is 30.3 Å². The Hall–Kier alpha value is -1.46. The van der Waals surface area contributed by atoms with Crippen LogP contribution in [0.4, 0.5) is 0 Å². The van der Waals surface area contributed by atoms with Crippen LogP contribution < -0.4 is 4.72 Å². The van der Waals surface area contributed by atoms with Gasteiger partial charge in [-0.1, -0.05) is 30.3 Å². The molecule has 1 aliphatic heterocycles. The van der Waals surface area contributed by atoms with E-state index in [1.54, 1.807) is 0 Å². The fourth-order valence-electron chi connectivity index (χ4n) is 2.68. The second kappa shape index (κ2) is 8.41. The summed E-state index contributed by atoms with van der Waals surface area (Å²) in [7, 11) is -1.99. The lowest BCUT2D eigenvalue weighted by atomic mass is 10.1. The molecule has 0 spiro atoms. The maximum Gasteiger partial charge on any atom is 0.279 e. The molecule has 1 N–H and O–H groups in total. The average molecular weight is 336 g/mol. The van der Waals surface area contributed by atoms with Crippen LogP contribution in [0.1, 0.15) is 24.8 Å². The zero-order valence-electron chi connectivity index (χ0n) is 13.5. The van der Waals surface area contributed by atoms with Crippen molar-refractivity contribution in [3.63, 3.8) is 0 Å². The molecule has 126 valence electrons. The highest BCUT2D eigenvalue weighted by atomic mass is 32.2. The highest BCUT2D eigenvalue weighted by Gasteiger charge is 2.25. The third-order valence-corrected chi connectivity index (χ3v) is 5.74. The van der Waals surface area contributed by atoms with E-state index in [1.807, 2.05) is 24.3 Å². The fraction of sp³-hybridized carbons (Fsp3) is 0.562. The lowest BCUT2D eigenvalue weighted by Gasteiger charge is -2.33. The summed E-state index contributed by atoms with van der Waals surface area (Å²) in [5.41, 5.74) is 1.28. The number of nitrogens with one attached hydrogen (secondary N) is 1. The number of piperidine rings is 1.